The number of hydrogen-bond donors (Lipinski definition) is 1. The molecule has 0 spiro atoms. The van der Waals surface area contributed by atoms with E-state index >= 15 is 0 Å². The van der Waals surface area contributed by atoms with Crippen LogP contribution in [-0.2, 0) is 5.75 Å². The van der Waals surface area contributed by atoms with Crippen LogP contribution in [0.5, 0.6) is 5.75 Å². The maximum absolute atomic E-state index is 13.2. The van der Waals surface area contributed by atoms with E-state index < -0.39 is 27.1 Å². The highest BCUT2D eigenvalue weighted by Gasteiger charge is 2.20. The van der Waals surface area contributed by atoms with Crippen molar-refractivity contribution in [3.8, 4) is 5.75 Å². The summed E-state index contributed by atoms with van der Waals surface area (Å²) in [6.07, 6.45) is 1.47. The fraction of sp³-hybridized carbons (Fsp3) is 0.0455. The topological polar surface area (TPSA) is 124 Å². The molecule has 3 aromatic carbocycles. The van der Waals surface area contributed by atoms with Gasteiger partial charge in [0.25, 0.3) is 5.69 Å². The Morgan fingerprint density at radius 2 is 1.67 bits per heavy atom. The van der Waals surface area contributed by atoms with Crippen LogP contribution in [0.2, 0.25) is 5.02 Å². The fourth-order valence-electron chi connectivity index (χ4n) is 2.78. The summed E-state index contributed by atoms with van der Waals surface area (Å²) < 4.78 is 0.903. The Morgan fingerprint density at radius 1 is 1.00 bits per heavy atom. The number of hydrogen-bond acceptors (Lipinski definition) is 7. The van der Waals surface area contributed by atoms with Gasteiger partial charge in [0.15, 0.2) is 11.5 Å². The first-order valence-corrected chi connectivity index (χ1v) is 11.4. The van der Waals surface area contributed by atoms with Gasteiger partial charge in [0.05, 0.1) is 14.8 Å². The van der Waals surface area contributed by atoms with E-state index in [1.54, 1.807) is 0 Å². The number of thioether (sulfide) groups is 1. The van der Waals surface area contributed by atoms with Crippen LogP contribution < -0.4 is 0 Å². The van der Waals surface area contributed by atoms with Crippen molar-refractivity contribution in [3.63, 3.8) is 0 Å². The van der Waals surface area contributed by atoms with Crippen LogP contribution >= 0.6 is 39.3 Å². The minimum Gasteiger partial charge on any atom is -0.502 e. The number of benzene rings is 3. The third kappa shape index (κ3) is 6.19. The van der Waals surface area contributed by atoms with Crippen molar-refractivity contribution < 1.29 is 19.7 Å². The molecule has 0 aliphatic carbocycles. The molecule has 0 amide bonds. The van der Waals surface area contributed by atoms with Crippen molar-refractivity contribution in [1.29, 1.82) is 0 Å². The Morgan fingerprint density at radius 3 is 2.27 bits per heavy atom. The van der Waals surface area contributed by atoms with Gasteiger partial charge >= 0.3 is 5.69 Å². The van der Waals surface area contributed by atoms with Crippen LogP contribution in [0.3, 0.4) is 0 Å². The molecule has 0 aliphatic heterocycles. The van der Waals surface area contributed by atoms with E-state index in [0.717, 1.165) is 22.2 Å². The number of rotatable bonds is 8. The normalized spacial score (nSPS) is 11.3. The maximum Gasteiger partial charge on any atom is 0.311 e. The van der Waals surface area contributed by atoms with Gasteiger partial charge in [0.2, 0.25) is 0 Å². The van der Waals surface area contributed by atoms with Gasteiger partial charge in [-0.25, -0.2) is 0 Å². The minimum atomic E-state index is -0.723. The van der Waals surface area contributed by atoms with Crippen molar-refractivity contribution in [1.82, 2.24) is 0 Å². The number of halogens is 2. The molecule has 0 radical (unpaired) electrons. The van der Waals surface area contributed by atoms with Gasteiger partial charge in [-0.15, -0.1) is 11.8 Å². The molecule has 168 valence electrons. The van der Waals surface area contributed by atoms with E-state index in [2.05, 4.69) is 15.9 Å². The molecule has 11 heteroatoms. The fourth-order valence-corrected chi connectivity index (χ4v) is 4.28. The van der Waals surface area contributed by atoms with Gasteiger partial charge in [-0.1, -0.05) is 45.7 Å². The van der Waals surface area contributed by atoms with Crippen LogP contribution in [-0.4, -0.2) is 20.7 Å². The quantitative estimate of drug-likeness (QED) is 0.142. The van der Waals surface area contributed by atoms with Crippen LogP contribution in [0.1, 0.15) is 21.5 Å². The zero-order valence-corrected chi connectivity index (χ0v) is 19.8. The molecule has 0 saturated heterocycles. The number of Topliss-reactive ketones (excluding diaryl/α,β-unsaturated/α-hetero) is 1. The summed E-state index contributed by atoms with van der Waals surface area (Å²) in [7, 11) is 0. The highest BCUT2D eigenvalue weighted by Crippen LogP contribution is 2.33. The van der Waals surface area contributed by atoms with E-state index in [1.807, 2.05) is 24.3 Å². The van der Waals surface area contributed by atoms with Crippen LogP contribution in [0.4, 0.5) is 11.4 Å². The minimum absolute atomic E-state index is 0.133. The lowest BCUT2D eigenvalue weighted by molar-refractivity contribution is -0.385. The van der Waals surface area contributed by atoms with E-state index in [0.29, 0.717) is 11.3 Å². The molecule has 0 bridgehead atoms. The van der Waals surface area contributed by atoms with E-state index in [-0.39, 0.29) is 21.2 Å². The average molecular weight is 550 g/mol. The number of phenols is 1. The summed E-state index contributed by atoms with van der Waals surface area (Å²) in [5, 5.41) is 31.7. The second-order valence-electron chi connectivity index (χ2n) is 6.68. The van der Waals surface area contributed by atoms with Crippen molar-refractivity contribution in [2.45, 2.75) is 5.75 Å². The number of ketones is 1. The molecule has 0 aliphatic rings. The van der Waals surface area contributed by atoms with Gasteiger partial charge < -0.3 is 5.11 Å². The van der Waals surface area contributed by atoms with Crippen molar-refractivity contribution in [2.75, 3.05) is 0 Å². The largest absolute Gasteiger partial charge is 0.502 e. The Kier molecular flexibility index (Phi) is 7.85. The van der Waals surface area contributed by atoms with Crippen LogP contribution in [0.25, 0.3) is 6.08 Å². The summed E-state index contributed by atoms with van der Waals surface area (Å²) in [5.74, 6) is -0.523. The van der Waals surface area contributed by atoms with Gasteiger partial charge in [-0.3, -0.25) is 25.0 Å². The Balaban J connectivity index is 2.00. The number of carbonyl (C=O) groups excluding carboxylic acids is 1. The summed E-state index contributed by atoms with van der Waals surface area (Å²) in [4.78, 5) is 34.3. The van der Waals surface area contributed by atoms with E-state index in [9.17, 15) is 30.1 Å². The van der Waals surface area contributed by atoms with Gasteiger partial charge in [0.1, 0.15) is 5.02 Å². The molecule has 0 aromatic heterocycles. The first-order chi connectivity index (χ1) is 15.7. The van der Waals surface area contributed by atoms with Crippen LogP contribution in [0, 0.1) is 20.2 Å². The summed E-state index contributed by atoms with van der Waals surface area (Å²) in [6, 6.07) is 14.9. The number of phenolic OH excluding ortho intramolecular Hbond substituents is 1. The monoisotopic (exact) mass is 548 g/mol. The highest BCUT2D eigenvalue weighted by atomic mass is 79.9. The lowest BCUT2D eigenvalue weighted by Gasteiger charge is -2.09. The van der Waals surface area contributed by atoms with Crippen molar-refractivity contribution in [3.05, 3.63) is 112 Å². The molecule has 0 heterocycles. The number of nitrogens with zero attached hydrogens (tertiary/aromatic N) is 2. The molecule has 33 heavy (non-hydrogen) atoms. The summed E-state index contributed by atoms with van der Waals surface area (Å²) in [5.41, 5.74) is 0.579. The van der Waals surface area contributed by atoms with Crippen LogP contribution in [0.15, 0.2) is 70.0 Å². The third-order valence-corrected chi connectivity index (χ3v) is 6.36. The number of nitro groups is 2. The predicted molar refractivity (Wildman–Crippen MR) is 131 cm³/mol. The molecule has 3 aromatic rings. The molecular weight excluding hydrogens is 536 g/mol. The smallest absolute Gasteiger partial charge is 0.311 e. The molecule has 1 N–H and O–H groups in total. The Labute approximate surface area is 205 Å². The Bertz CT molecular complexity index is 1280. The van der Waals surface area contributed by atoms with Gasteiger partial charge in [-0.05, 0) is 47.5 Å². The van der Waals surface area contributed by atoms with E-state index in [4.69, 9.17) is 11.6 Å². The predicted octanol–water partition coefficient (Wildman–Crippen LogP) is 6.78. The lowest BCUT2D eigenvalue weighted by Crippen LogP contribution is -2.03. The molecule has 3 rings (SSSR count). The number of allylic oxidation sites excluding steroid dienone is 1. The number of nitro benzene ring substituents is 2. The maximum atomic E-state index is 13.2. The number of aromatic hydroxyl groups is 1. The molecular formula is C22H14BrClN2O6S. The van der Waals surface area contributed by atoms with Crippen molar-refractivity contribution in [2.24, 2.45) is 0 Å². The zero-order valence-electron chi connectivity index (χ0n) is 16.6. The van der Waals surface area contributed by atoms with Crippen molar-refractivity contribution >= 4 is 62.5 Å². The zero-order chi connectivity index (χ0) is 24.1. The van der Waals surface area contributed by atoms with Gasteiger partial charge in [0, 0.05) is 27.9 Å². The highest BCUT2D eigenvalue weighted by molar-refractivity contribution is 9.10. The lowest BCUT2D eigenvalue weighted by atomic mass is 10.1. The molecule has 0 atom stereocenters. The molecule has 0 unspecified atom stereocenters. The third-order valence-electron chi connectivity index (χ3n) is 4.43. The second kappa shape index (κ2) is 10.6. The number of carbonyl (C=O) groups is 1. The first-order valence-electron chi connectivity index (χ1n) is 9.20. The summed E-state index contributed by atoms with van der Waals surface area (Å²) >= 11 is 10.5. The molecule has 8 nitrogen and oxygen atoms in total. The summed E-state index contributed by atoms with van der Waals surface area (Å²) in [6.45, 7) is 0. The second-order valence-corrected chi connectivity index (χ2v) is 9.02. The average Bonchev–Trinajstić information content (AvgIpc) is 2.77. The Hall–Kier alpha value is -3.21. The SMILES string of the molecule is O=C(/C(=C/c1ccc(O)c([N+](=O)[O-])c1)SCc1ccc(Br)cc1)c1ccc([N+](=O)[O-])c(Cl)c1. The molecule has 0 fully saturated rings. The standard InChI is InChI=1S/C22H14BrClN2O6S/c23-16-5-1-13(2-6-16)12-33-21(10-14-3-8-20(27)19(9-14)26(31)32)22(28)15-4-7-18(25(29)30)17(24)11-15/h1-11,27H,12H2/b21-10-. The first kappa shape index (κ1) is 24.4. The molecule has 0 saturated carbocycles. The van der Waals surface area contributed by atoms with E-state index in [1.165, 1.54) is 42.1 Å². The van der Waals surface area contributed by atoms with Gasteiger partial charge in [-0.2, -0.15) is 0 Å².